The fraction of sp³-hybridized carbons (Fsp3) is 0.250. The van der Waals surface area contributed by atoms with Crippen LogP contribution in [-0.4, -0.2) is 17.4 Å². The minimum Gasteiger partial charge on any atom is -0.351 e. The first-order valence-electron chi connectivity index (χ1n) is 5.26. The van der Waals surface area contributed by atoms with Crippen molar-refractivity contribution >= 4 is 12.0 Å². The molecule has 1 aromatic rings. The van der Waals surface area contributed by atoms with Crippen molar-refractivity contribution in [2.24, 2.45) is 0 Å². The van der Waals surface area contributed by atoms with E-state index in [9.17, 15) is 9.59 Å². The molecule has 0 saturated heterocycles. The smallest absolute Gasteiger partial charge is 0.261 e. The fourth-order valence-electron chi connectivity index (χ4n) is 1.20. The van der Waals surface area contributed by atoms with Crippen LogP contribution < -0.4 is 10.9 Å². The number of aromatic nitrogens is 1. The average Bonchev–Trinajstić information content (AvgIpc) is 2.33. The highest BCUT2D eigenvalue weighted by Crippen LogP contribution is 2.03. The molecule has 0 radical (unpaired) electrons. The molecular formula is C12H13N3O2. The summed E-state index contributed by atoms with van der Waals surface area (Å²) in [5, 5.41) is 11.5. The van der Waals surface area contributed by atoms with Crippen LogP contribution in [0.2, 0.25) is 0 Å². The number of aromatic amines is 1. The van der Waals surface area contributed by atoms with Crippen molar-refractivity contribution in [2.45, 2.75) is 13.3 Å². The molecule has 0 aromatic carbocycles. The number of H-pyrrole nitrogens is 1. The third-order valence-corrected chi connectivity index (χ3v) is 2.01. The quantitative estimate of drug-likeness (QED) is 0.594. The van der Waals surface area contributed by atoms with Crippen molar-refractivity contribution in [1.29, 1.82) is 5.26 Å². The van der Waals surface area contributed by atoms with Gasteiger partial charge < -0.3 is 10.3 Å². The highest BCUT2D eigenvalue weighted by molar-refractivity contribution is 6.01. The number of nitrogens with one attached hydrogen (secondary N) is 2. The zero-order valence-corrected chi connectivity index (χ0v) is 9.49. The normalized spacial score (nSPS) is 10.7. The third-order valence-electron chi connectivity index (χ3n) is 2.01. The van der Waals surface area contributed by atoms with Gasteiger partial charge in [0, 0.05) is 18.8 Å². The number of carbonyl (C=O) groups excluding carboxylic acids is 1. The van der Waals surface area contributed by atoms with E-state index in [0.717, 1.165) is 6.42 Å². The Bertz CT molecular complexity index is 523. The van der Waals surface area contributed by atoms with E-state index in [0.29, 0.717) is 12.1 Å². The number of hydrogen-bond donors (Lipinski definition) is 2. The second-order valence-corrected chi connectivity index (χ2v) is 3.41. The summed E-state index contributed by atoms with van der Waals surface area (Å²) in [6.07, 6.45) is 3.66. The van der Waals surface area contributed by atoms with Crippen LogP contribution in [0, 0.1) is 11.3 Å². The van der Waals surface area contributed by atoms with Crippen molar-refractivity contribution in [2.75, 3.05) is 6.54 Å². The lowest BCUT2D eigenvalue weighted by Gasteiger charge is -2.01. The number of amides is 1. The molecule has 0 aliphatic rings. The molecule has 1 rings (SSSR count). The summed E-state index contributed by atoms with van der Waals surface area (Å²) in [6, 6.07) is 4.76. The van der Waals surface area contributed by atoms with Crippen LogP contribution >= 0.6 is 0 Å². The van der Waals surface area contributed by atoms with Crippen molar-refractivity contribution in [3.8, 4) is 6.07 Å². The lowest BCUT2D eigenvalue weighted by Crippen LogP contribution is -2.25. The molecule has 5 nitrogen and oxygen atoms in total. The largest absolute Gasteiger partial charge is 0.351 e. The molecule has 88 valence electrons. The molecule has 0 fully saturated rings. The van der Waals surface area contributed by atoms with E-state index in [4.69, 9.17) is 5.26 Å². The van der Waals surface area contributed by atoms with E-state index < -0.39 is 5.91 Å². The van der Waals surface area contributed by atoms with Crippen LogP contribution in [0.5, 0.6) is 0 Å². The molecule has 0 unspecified atom stereocenters. The fourth-order valence-corrected chi connectivity index (χ4v) is 1.20. The second-order valence-electron chi connectivity index (χ2n) is 3.41. The Morgan fingerprint density at radius 1 is 1.65 bits per heavy atom. The standard InChI is InChI=1S/C12H13N3O2/c1-2-4-15-12(17)10(8-13)6-9-3-5-14-11(16)7-9/h3,5-7H,2,4H2,1H3,(H,14,16)(H,15,17)/b10-6-. The van der Waals surface area contributed by atoms with Gasteiger partial charge in [-0.3, -0.25) is 9.59 Å². The number of carbonyl (C=O) groups is 1. The Morgan fingerprint density at radius 3 is 3.00 bits per heavy atom. The summed E-state index contributed by atoms with van der Waals surface area (Å²) < 4.78 is 0. The van der Waals surface area contributed by atoms with Gasteiger partial charge in [0.1, 0.15) is 11.6 Å². The van der Waals surface area contributed by atoms with Crippen LogP contribution in [0.15, 0.2) is 28.7 Å². The van der Waals surface area contributed by atoms with Crippen LogP contribution in [0.25, 0.3) is 6.08 Å². The van der Waals surface area contributed by atoms with E-state index in [1.54, 1.807) is 6.07 Å². The zero-order chi connectivity index (χ0) is 12.7. The van der Waals surface area contributed by atoms with Gasteiger partial charge in [-0.05, 0) is 24.1 Å². The molecule has 2 N–H and O–H groups in total. The maximum absolute atomic E-state index is 11.5. The van der Waals surface area contributed by atoms with Crippen molar-refractivity contribution < 1.29 is 4.79 Å². The minimum atomic E-state index is -0.422. The first kappa shape index (κ1) is 12.7. The van der Waals surface area contributed by atoms with Gasteiger partial charge >= 0.3 is 0 Å². The van der Waals surface area contributed by atoms with E-state index in [1.165, 1.54) is 18.3 Å². The van der Waals surface area contributed by atoms with Crippen LogP contribution in [0.1, 0.15) is 18.9 Å². The summed E-state index contributed by atoms with van der Waals surface area (Å²) in [6.45, 7) is 2.44. The number of hydrogen-bond acceptors (Lipinski definition) is 3. The summed E-state index contributed by atoms with van der Waals surface area (Å²) in [5.74, 6) is -0.422. The molecule has 0 spiro atoms. The Labute approximate surface area is 98.8 Å². The number of nitrogens with zero attached hydrogens (tertiary/aromatic N) is 1. The van der Waals surface area contributed by atoms with E-state index >= 15 is 0 Å². The van der Waals surface area contributed by atoms with E-state index in [1.807, 2.05) is 13.0 Å². The maximum atomic E-state index is 11.5. The molecule has 1 amide bonds. The van der Waals surface area contributed by atoms with E-state index in [2.05, 4.69) is 10.3 Å². The monoisotopic (exact) mass is 231 g/mol. The van der Waals surface area contributed by atoms with Gasteiger partial charge in [-0.15, -0.1) is 0 Å². The summed E-state index contributed by atoms with van der Waals surface area (Å²) in [5.41, 5.74) is 0.242. The number of pyridine rings is 1. The average molecular weight is 231 g/mol. The molecule has 0 aliphatic heterocycles. The van der Waals surface area contributed by atoms with Crippen molar-refractivity contribution in [3.05, 3.63) is 39.8 Å². The summed E-state index contributed by atoms with van der Waals surface area (Å²) >= 11 is 0. The molecule has 0 saturated carbocycles. The zero-order valence-electron chi connectivity index (χ0n) is 9.49. The van der Waals surface area contributed by atoms with Gasteiger partial charge in [0.25, 0.3) is 5.91 Å². The molecule has 1 aromatic heterocycles. The van der Waals surface area contributed by atoms with E-state index in [-0.39, 0.29) is 11.1 Å². The maximum Gasteiger partial charge on any atom is 0.261 e. The molecule has 5 heteroatoms. The number of rotatable bonds is 4. The summed E-state index contributed by atoms with van der Waals surface area (Å²) in [7, 11) is 0. The van der Waals surface area contributed by atoms with Gasteiger partial charge in [0.05, 0.1) is 0 Å². The van der Waals surface area contributed by atoms with Gasteiger partial charge in [-0.2, -0.15) is 5.26 Å². The highest BCUT2D eigenvalue weighted by atomic mass is 16.1. The van der Waals surface area contributed by atoms with Crippen LogP contribution in [0.4, 0.5) is 0 Å². The predicted molar refractivity (Wildman–Crippen MR) is 64.0 cm³/mol. The van der Waals surface area contributed by atoms with Crippen LogP contribution in [-0.2, 0) is 4.79 Å². The lowest BCUT2D eigenvalue weighted by atomic mass is 10.1. The van der Waals surface area contributed by atoms with Gasteiger partial charge in [-0.1, -0.05) is 6.92 Å². The summed E-state index contributed by atoms with van der Waals surface area (Å²) in [4.78, 5) is 25.0. The molecule has 0 aliphatic carbocycles. The number of nitriles is 1. The van der Waals surface area contributed by atoms with Crippen LogP contribution in [0.3, 0.4) is 0 Å². The van der Waals surface area contributed by atoms with Crippen molar-refractivity contribution in [3.63, 3.8) is 0 Å². The Kier molecular flexibility index (Phi) is 4.70. The molecule has 0 bridgehead atoms. The second kappa shape index (κ2) is 6.28. The van der Waals surface area contributed by atoms with Gasteiger partial charge in [-0.25, -0.2) is 0 Å². The SMILES string of the molecule is CCCNC(=O)/C(C#N)=C\c1cc[nH]c(=O)c1. The molecular weight excluding hydrogens is 218 g/mol. The first-order valence-corrected chi connectivity index (χ1v) is 5.26. The lowest BCUT2D eigenvalue weighted by molar-refractivity contribution is -0.117. The topological polar surface area (TPSA) is 85.8 Å². The first-order chi connectivity index (χ1) is 8.17. The minimum absolute atomic E-state index is 0.0101. The highest BCUT2D eigenvalue weighted by Gasteiger charge is 2.07. The Morgan fingerprint density at radius 2 is 2.41 bits per heavy atom. The Balaban J connectivity index is 2.91. The predicted octanol–water partition coefficient (Wildman–Crippen LogP) is 0.808. The van der Waals surface area contributed by atoms with Gasteiger partial charge in [0.15, 0.2) is 0 Å². The van der Waals surface area contributed by atoms with Gasteiger partial charge in [0.2, 0.25) is 5.56 Å². The Hall–Kier alpha value is -2.35. The van der Waals surface area contributed by atoms with Crippen molar-refractivity contribution in [1.82, 2.24) is 10.3 Å². The molecule has 17 heavy (non-hydrogen) atoms. The molecule has 0 atom stereocenters. The molecule has 1 heterocycles. The third kappa shape index (κ3) is 3.95.